The predicted molar refractivity (Wildman–Crippen MR) is 108 cm³/mol. The van der Waals surface area contributed by atoms with Gasteiger partial charge in [-0.3, -0.25) is 10.1 Å². The number of carbonyl (C=O) groups excluding carboxylic acids is 1. The van der Waals surface area contributed by atoms with Gasteiger partial charge in [0.1, 0.15) is 0 Å². The van der Waals surface area contributed by atoms with E-state index in [1.165, 1.54) is 11.1 Å². The van der Waals surface area contributed by atoms with E-state index in [0.717, 1.165) is 10.5 Å². The summed E-state index contributed by atoms with van der Waals surface area (Å²) in [6.45, 7) is 4.14. The van der Waals surface area contributed by atoms with Crippen molar-refractivity contribution in [3.05, 3.63) is 70.1 Å². The minimum atomic E-state index is -0.155. The summed E-state index contributed by atoms with van der Waals surface area (Å²) in [4.78, 5) is 13.1. The number of carbonyl (C=O) groups is 1. The summed E-state index contributed by atoms with van der Waals surface area (Å²) in [7, 11) is 0. The first kappa shape index (κ1) is 19.5. The number of anilines is 1. The van der Waals surface area contributed by atoms with Crippen molar-refractivity contribution in [2.45, 2.75) is 31.6 Å². The maximum atomic E-state index is 12.0. The van der Waals surface area contributed by atoms with E-state index in [4.69, 9.17) is 16.0 Å². The Morgan fingerprint density at radius 1 is 1.11 bits per heavy atom. The number of hydrogen-bond donors (Lipinski definition) is 1. The molecule has 1 N–H and O–H groups in total. The predicted octanol–water partition coefficient (Wildman–Crippen LogP) is 5.05. The van der Waals surface area contributed by atoms with E-state index in [1.807, 2.05) is 30.3 Å². The first-order valence-corrected chi connectivity index (χ1v) is 9.92. The molecule has 0 saturated heterocycles. The zero-order chi connectivity index (χ0) is 19.2. The Labute approximate surface area is 167 Å². The maximum absolute atomic E-state index is 12.0. The van der Waals surface area contributed by atoms with Crippen LogP contribution in [0.1, 0.15) is 29.0 Å². The van der Waals surface area contributed by atoms with Gasteiger partial charge in [0, 0.05) is 22.1 Å². The largest absolute Gasteiger partial charge is 0.407 e. The molecule has 3 rings (SSSR count). The number of nitrogens with one attached hydrogen (secondary N) is 1. The lowest BCUT2D eigenvalue weighted by molar-refractivity contribution is -0.115. The molecule has 0 saturated carbocycles. The third kappa shape index (κ3) is 5.84. The first-order chi connectivity index (χ1) is 13.0. The van der Waals surface area contributed by atoms with Crippen molar-refractivity contribution in [1.29, 1.82) is 0 Å². The van der Waals surface area contributed by atoms with Crippen LogP contribution in [0.15, 0.2) is 51.8 Å². The summed E-state index contributed by atoms with van der Waals surface area (Å²) >= 11 is 7.45. The van der Waals surface area contributed by atoms with E-state index >= 15 is 0 Å². The van der Waals surface area contributed by atoms with Gasteiger partial charge < -0.3 is 4.42 Å². The Morgan fingerprint density at radius 2 is 1.89 bits per heavy atom. The second kappa shape index (κ2) is 9.06. The average molecular weight is 402 g/mol. The summed E-state index contributed by atoms with van der Waals surface area (Å²) in [6, 6.07) is 13.9. The number of halogens is 1. The minimum Gasteiger partial charge on any atom is -0.407 e. The number of aromatic nitrogens is 2. The number of rotatable bonds is 7. The van der Waals surface area contributed by atoms with Crippen molar-refractivity contribution in [3.63, 3.8) is 0 Å². The van der Waals surface area contributed by atoms with E-state index in [0.29, 0.717) is 29.5 Å². The second-order valence-corrected chi connectivity index (χ2v) is 7.80. The number of hydrogen-bond acceptors (Lipinski definition) is 5. The molecule has 0 bridgehead atoms. The second-order valence-electron chi connectivity index (χ2n) is 6.20. The summed E-state index contributed by atoms with van der Waals surface area (Å²) in [5, 5.41) is 11.3. The molecule has 3 aromatic rings. The normalized spacial score (nSPS) is 10.8. The quantitative estimate of drug-likeness (QED) is 0.561. The molecular weight excluding hydrogens is 382 g/mol. The molecule has 140 valence electrons. The highest BCUT2D eigenvalue weighted by atomic mass is 35.5. The van der Waals surface area contributed by atoms with Crippen LogP contribution < -0.4 is 5.32 Å². The molecule has 0 atom stereocenters. The highest BCUT2D eigenvalue weighted by Gasteiger charge is 2.11. The molecule has 27 heavy (non-hydrogen) atoms. The summed E-state index contributed by atoms with van der Waals surface area (Å²) < 4.78 is 5.53. The van der Waals surface area contributed by atoms with E-state index < -0.39 is 0 Å². The molecule has 1 aromatic heterocycles. The molecule has 0 radical (unpaired) electrons. The molecule has 1 heterocycles. The molecule has 7 heteroatoms. The van der Waals surface area contributed by atoms with Gasteiger partial charge in [0.25, 0.3) is 0 Å². The fourth-order valence-corrected chi connectivity index (χ4v) is 3.42. The first-order valence-electron chi connectivity index (χ1n) is 8.56. The Balaban J connectivity index is 1.47. The van der Waals surface area contributed by atoms with Crippen molar-refractivity contribution in [2.24, 2.45) is 0 Å². The number of thioether (sulfide) groups is 1. The molecule has 1 amide bonds. The molecule has 5 nitrogen and oxygen atoms in total. The summed E-state index contributed by atoms with van der Waals surface area (Å²) in [6.07, 6.45) is 0.887. The summed E-state index contributed by atoms with van der Waals surface area (Å²) in [5.41, 5.74) is 3.56. The third-order valence-corrected chi connectivity index (χ3v) is 5.32. The van der Waals surface area contributed by atoms with Crippen LogP contribution in [-0.2, 0) is 11.2 Å². The maximum Gasteiger partial charge on any atom is 0.322 e. The van der Waals surface area contributed by atoms with Crippen LogP contribution in [0.2, 0.25) is 5.02 Å². The van der Waals surface area contributed by atoms with Gasteiger partial charge in [-0.1, -0.05) is 34.9 Å². The lowest BCUT2D eigenvalue weighted by atomic mass is 10.0. The lowest BCUT2D eigenvalue weighted by Gasteiger charge is -2.03. The third-order valence-electron chi connectivity index (χ3n) is 4.05. The topological polar surface area (TPSA) is 68.0 Å². The fraction of sp³-hybridized carbons (Fsp3) is 0.250. The Hall–Kier alpha value is -2.31. The standard InChI is InChI=1S/C20H20ClN3O2S/c1-13-3-4-15(11-14(13)2)12-19-23-24-20(26-19)22-18(25)9-10-27-17-7-5-16(21)6-8-17/h3-8,11H,9-10,12H2,1-2H3,(H,22,24,25). The van der Waals surface area contributed by atoms with Gasteiger partial charge in [-0.2, -0.15) is 0 Å². The van der Waals surface area contributed by atoms with Crippen LogP contribution in [0.25, 0.3) is 0 Å². The number of nitrogens with zero attached hydrogens (tertiary/aromatic N) is 2. The zero-order valence-corrected chi connectivity index (χ0v) is 16.7. The smallest absolute Gasteiger partial charge is 0.322 e. The van der Waals surface area contributed by atoms with Crippen LogP contribution >= 0.6 is 23.4 Å². The Kier molecular flexibility index (Phi) is 6.53. The Bertz CT molecular complexity index is 925. The Morgan fingerprint density at radius 3 is 2.63 bits per heavy atom. The van der Waals surface area contributed by atoms with Crippen molar-refractivity contribution in [3.8, 4) is 0 Å². The fourth-order valence-electron chi connectivity index (χ4n) is 2.44. The van der Waals surface area contributed by atoms with Gasteiger partial charge >= 0.3 is 6.01 Å². The molecule has 0 aliphatic rings. The SMILES string of the molecule is Cc1ccc(Cc2nnc(NC(=O)CCSc3ccc(Cl)cc3)o2)cc1C. The van der Waals surface area contributed by atoms with Crippen LogP contribution in [0.3, 0.4) is 0 Å². The van der Waals surface area contributed by atoms with E-state index in [2.05, 4.69) is 41.5 Å². The number of amides is 1. The van der Waals surface area contributed by atoms with Crippen molar-refractivity contribution < 1.29 is 9.21 Å². The van der Waals surface area contributed by atoms with Crippen LogP contribution in [0, 0.1) is 13.8 Å². The molecule has 0 aliphatic carbocycles. The van der Waals surface area contributed by atoms with Gasteiger partial charge in [-0.15, -0.1) is 16.9 Å². The molecule has 0 aliphatic heterocycles. The van der Waals surface area contributed by atoms with Gasteiger partial charge in [-0.05, 0) is 54.8 Å². The zero-order valence-electron chi connectivity index (χ0n) is 15.2. The minimum absolute atomic E-state index is 0.135. The van der Waals surface area contributed by atoms with Crippen LogP contribution in [0.5, 0.6) is 0 Å². The number of aryl methyl sites for hydroxylation is 2. The van der Waals surface area contributed by atoms with E-state index in [9.17, 15) is 4.79 Å². The van der Waals surface area contributed by atoms with Crippen LogP contribution in [0.4, 0.5) is 6.01 Å². The van der Waals surface area contributed by atoms with Gasteiger partial charge in [-0.25, -0.2) is 0 Å². The molecular formula is C20H20ClN3O2S. The summed E-state index contributed by atoms with van der Waals surface area (Å²) in [5.74, 6) is 0.971. The molecule has 0 unspecified atom stereocenters. The van der Waals surface area contributed by atoms with Crippen molar-refractivity contribution in [1.82, 2.24) is 10.2 Å². The van der Waals surface area contributed by atoms with Crippen molar-refractivity contribution >= 4 is 35.3 Å². The van der Waals surface area contributed by atoms with Gasteiger partial charge in [0.2, 0.25) is 11.8 Å². The molecule has 0 fully saturated rings. The number of benzene rings is 2. The van der Waals surface area contributed by atoms with E-state index in [-0.39, 0.29) is 11.9 Å². The van der Waals surface area contributed by atoms with Gasteiger partial charge in [0.15, 0.2) is 0 Å². The lowest BCUT2D eigenvalue weighted by Crippen LogP contribution is -2.12. The average Bonchev–Trinajstić information content (AvgIpc) is 3.06. The monoisotopic (exact) mass is 401 g/mol. The molecule has 2 aromatic carbocycles. The van der Waals surface area contributed by atoms with Crippen molar-refractivity contribution in [2.75, 3.05) is 11.1 Å². The highest BCUT2D eigenvalue weighted by Crippen LogP contribution is 2.21. The highest BCUT2D eigenvalue weighted by molar-refractivity contribution is 7.99. The van der Waals surface area contributed by atoms with Gasteiger partial charge in [0.05, 0.1) is 6.42 Å². The van der Waals surface area contributed by atoms with E-state index in [1.54, 1.807) is 11.8 Å². The van der Waals surface area contributed by atoms with Crippen LogP contribution in [-0.4, -0.2) is 21.9 Å². The molecule has 0 spiro atoms.